The van der Waals surface area contributed by atoms with Crippen LogP contribution >= 0.6 is 0 Å². The van der Waals surface area contributed by atoms with Gasteiger partial charge in [-0.25, -0.2) is 0 Å². The number of ether oxygens (including phenoxy) is 1. The summed E-state index contributed by atoms with van der Waals surface area (Å²) in [5.41, 5.74) is 7.95. The molecule has 18 heavy (non-hydrogen) atoms. The van der Waals surface area contributed by atoms with Crippen LogP contribution in [0.4, 0.5) is 5.69 Å². The number of benzene rings is 1. The van der Waals surface area contributed by atoms with Gasteiger partial charge in [0.2, 0.25) is 11.5 Å². The second-order valence-corrected chi connectivity index (χ2v) is 3.81. The van der Waals surface area contributed by atoms with Crippen molar-refractivity contribution in [3.8, 4) is 11.6 Å². The highest BCUT2D eigenvalue weighted by molar-refractivity contribution is 5.50. The lowest BCUT2D eigenvalue weighted by atomic mass is 10.2. The van der Waals surface area contributed by atoms with E-state index in [1.54, 1.807) is 24.5 Å². The summed E-state index contributed by atoms with van der Waals surface area (Å²) in [7, 11) is 0. The molecule has 3 aromatic rings. The van der Waals surface area contributed by atoms with Crippen molar-refractivity contribution in [1.82, 2.24) is 25.0 Å². The minimum Gasteiger partial charge on any atom is -0.437 e. The van der Waals surface area contributed by atoms with Crippen molar-refractivity contribution in [3.05, 3.63) is 36.2 Å². The maximum absolute atomic E-state index is 5.75. The summed E-state index contributed by atoms with van der Waals surface area (Å²) in [4.78, 5) is 4.01. The minimum atomic E-state index is 0.446. The van der Waals surface area contributed by atoms with E-state index in [2.05, 4.69) is 20.5 Å². The lowest BCUT2D eigenvalue weighted by Gasteiger charge is -2.07. The van der Waals surface area contributed by atoms with Crippen LogP contribution < -0.4 is 10.5 Å². The average molecular weight is 242 g/mol. The van der Waals surface area contributed by atoms with Gasteiger partial charge in [0.05, 0.1) is 12.4 Å². The minimum absolute atomic E-state index is 0.446. The van der Waals surface area contributed by atoms with E-state index in [0.717, 1.165) is 11.3 Å². The number of hydrogen-bond acceptors (Lipinski definition) is 6. The Balaban J connectivity index is 2.01. The van der Waals surface area contributed by atoms with Gasteiger partial charge in [-0.05, 0) is 41.1 Å². The van der Waals surface area contributed by atoms with Gasteiger partial charge in [-0.2, -0.15) is 4.52 Å². The summed E-state index contributed by atoms with van der Waals surface area (Å²) < 4.78 is 7.16. The molecule has 2 N–H and O–H groups in total. The van der Waals surface area contributed by atoms with Crippen molar-refractivity contribution in [3.63, 3.8) is 0 Å². The Morgan fingerprint density at radius 1 is 1.28 bits per heavy atom. The van der Waals surface area contributed by atoms with Crippen molar-refractivity contribution in [1.29, 1.82) is 0 Å². The van der Waals surface area contributed by atoms with Crippen LogP contribution in [-0.4, -0.2) is 25.0 Å². The third kappa shape index (κ3) is 1.71. The summed E-state index contributed by atoms with van der Waals surface area (Å²) in [5, 5.41) is 11.2. The van der Waals surface area contributed by atoms with E-state index in [4.69, 9.17) is 10.5 Å². The summed E-state index contributed by atoms with van der Waals surface area (Å²) in [6.45, 7) is 1.91. The number of rotatable bonds is 2. The number of aryl methyl sites for hydroxylation is 1. The fraction of sp³-hybridized carbons (Fsp3) is 0.0909. The molecule has 0 fully saturated rings. The molecule has 2 aromatic heterocycles. The highest BCUT2D eigenvalue weighted by Crippen LogP contribution is 2.23. The summed E-state index contributed by atoms with van der Waals surface area (Å²) in [6, 6.07) is 5.42. The molecule has 0 aliphatic rings. The Morgan fingerprint density at radius 2 is 2.17 bits per heavy atom. The lowest BCUT2D eigenvalue weighted by Crippen LogP contribution is -1.97. The molecule has 0 saturated carbocycles. The normalized spacial score (nSPS) is 10.7. The molecule has 90 valence electrons. The zero-order chi connectivity index (χ0) is 12.5. The van der Waals surface area contributed by atoms with Crippen LogP contribution in [0.15, 0.2) is 30.6 Å². The van der Waals surface area contributed by atoms with E-state index < -0.39 is 0 Å². The predicted molar refractivity (Wildman–Crippen MR) is 64.2 cm³/mol. The second-order valence-electron chi connectivity index (χ2n) is 3.81. The molecule has 0 amide bonds. The van der Waals surface area contributed by atoms with E-state index in [1.165, 1.54) is 4.52 Å². The summed E-state index contributed by atoms with van der Waals surface area (Å²) >= 11 is 0. The van der Waals surface area contributed by atoms with Gasteiger partial charge in [0.25, 0.3) is 0 Å². The molecule has 0 atom stereocenters. The Labute approximate surface area is 102 Å². The maximum atomic E-state index is 5.75. The molecule has 0 radical (unpaired) electrons. The third-order valence-corrected chi connectivity index (χ3v) is 2.54. The van der Waals surface area contributed by atoms with Gasteiger partial charge in [0.15, 0.2) is 0 Å². The molecule has 0 bridgehead atoms. The standard InChI is InChI=1S/C11H10N6O/c1-7-4-8(2-3-9(7)12)18-11-6-13-5-10-14-15-16-17(10)11/h2-6H,12H2,1H3. The number of hydrogen-bond donors (Lipinski definition) is 1. The molecular weight excluding hydrogens is 232 g/mol. The number of nitrogen functional groups attached to an aromatic ring is 1. The molecule has 7 heteroatoms. The van der Waals surface area contributed by atoms with E-state index in [1.807, 2.05) is 13.0 Å². The number of aromatic nitrogens is 5. The van der Waals surface area contributed by atoms with Gasteiger partial charge in [0.1, 0.15) is 5.75 Å². The molecule has 0 unspecified atom stereocenters. The molecule has 0 saturated heterocycles. The fourth-order valence-electron chi connectivity index (χ4n) is 1.56. The quantitative estimate of drug-likeness (QED) is 0.679. The highest BCUT2D eigenvalue weighted by atomic mass is 16.5. The highest BCUT2D eigenvalue weighted by Gasteiger charge is 2.06. The fourth-order valence-corrected chi connectivity index (χ4v) is 1.56. The average Bonchev–Trinajstić information content (AvgIpc) is 2.83. The first-order valence-electron chi connectivity index (χ1n) is 5.30. The van der Waals surface area contributed by atoms with E-state index in [9.17, 15) is 0 Å². The van der Waals surface area contributed by atoms with Crippen LogP contribution in [0, 0.1) is 6.92 Å². The van der Waals surface area contributed by atoms with E-state index >= 15 is 0 Å². The Hall–Kier alpha value is -2.70. The van der Waals surface area contributed by atoms with Gasteiger partial charge < -0.3 is 10.5 Å². The van der Waals surface area contributed by atoms with Crippen LogP contribution in [0.2, 0.25) is 0 Å². The number of nitrogens with two attached hydrogens (primary N) is 1. The van der Waals surface area contributed by atoms with Crippen LogP contribution in [0.5, 0.6) is 11.6 Å². The Bertz CT molecular complexity index is 708. The first-order chi connectivity index (χ1) is 8.74. The number of anilines is 1. The molecule has 0 aliphatic heterocycles. The summed E-state index contributed by atoms with van der Waals surface area (Å²) in [6.07, 6.45) is 3.11. The van der Waals surface area contributed by atoms with Crippen molar-refractivity contribution < 1.29 is 4.74 Å². The molecule has 0 spiro atoms. The van der Waals surface area contributed by atoms with Crippen molar-refractivity contribution >= 4 is 11.3 Å². The van der Waals surface area contributed by atoms with Crippen LogP contribution in [-0.2, 0) is 0 Å². The zero-order valence-corrected chi connectivity index (χ0v) is 9.61. The van der Waals surface area contributed by atoms with Crippen LogP contribution in [0.25, 0.3) is 5.65 Å². The monoisotopic (exact) mass is 242 g/mol. The first kappa shape index (κ1) is 10.5. The van der Waals surface area contributed by atoms with Gasteiger partial charge in [-0.1, -0.05) is 0 Å². The smallest absolute Gasteiger partial charge is 0.242 e. The zero-order valence-electron chi connectivity index (χ0n) is 9.61. The van der Waals surface area contributed by atoms with E-state index in [-0.39, 0.29) is 0 Å². The van der Waals surface area contributed by atoms with Gasteiger partial charge >= 0.3 is 0 Å². The Morgan fingerprint density at radius 3 is 3.00 bits per heavy atom. The second kappa shape index (κ2) is 3.95. The van der Waals surface area contributed by atoms with E-state index in [0.29, 0.717) is 17.3 Å². The predicted octanol–water partition coefficient (Wildman–Crippen LogP) is 1.20. The number of fused-ring (bicyclic) bond motifs is 1. The molecule has 3 rings (SSSR count). The number of tetrazole rings is 1. The molecule has 0 aliphatic carbocycles. The Kier molecular flexibility index (Phi) is 2.30. The van der Waals surface area contributed by atoms with Crippen molar-refractivity contribution in [2.45, 2.75) is 6.92 Å². The maximum Gasteiger partial charge on any atom is 0.242 e. The molecule has 1 aromatic carbocycles. The van der Waals surface area contributed by atoms with Crippen molar-refractivity contribution in [2.75, 3.05) is 5.73 Å². The van der Waals surface area contributed by atoms with Crippen molar-refractivity contribution in [2.24, 2.45) is 0 Å². The van der Waals surface area contributed by atoms with Gasteiger partial charge in [-0.3, -0.25) is 4.98 Å². The van der Waals surface area contributed by atoms with Gasteiger partial charge in [0, 0.05) is 5.69 Å². The first-order valence-corrected chi connectivity index (χ1v) is 5.30. The van der Waals surface area contributed by atoms with Crippen LogP contribution in [0.3, 0.4) is 0 Å². The third-order valence-electron chi connectivity index (χ3n) is 2.54. The SMILES string of the molecule is Cc1cc(Oc2cncc3nnnn23)ccc1N. The number of nitrogens with zero attached hydrogens (tertiary/aromatic N) is 5. The largest absolute Gasteiger partial charge is 0.437 e. The lowest BCUT2D eigenvalue weighted by molar-refractivity contribution is 0.442. The molecular formula is C11H10N6O. The molecule has 7 nitrogen and oxygen atoms in total. The van der Waals surface area contributed by atoms with Gasteiger partial charge in [-0.15, -0.1) is 5.10 Å². The van der Waals surface area contributed by atoms with Crippen LogP contribution in [0.1, 0.15) is 5.56 Å². The summed E-state index contributed by atoms with van der Waals surface area (Å²) in [5.74, 6) is 1.10. The topological polar surface area (TPSA) is 91.2 Å². The molecule has 2 heterocycles.